The molecule has 0 aliphatic carbocycles. The first-order chi connectivity index (χ1) is 13.9. The van der Waals surface area contributed by atoms with E-state index in [1.54, 1.807) is 44.2 Å². The molecule has 3 rings (SSSR count). The molecule has 8 nitrogen and oxygen atoms in total. The van der Waals surface area contributed by atoms with Gasteiger partial charge < -0.3 is 24.4 Å². The van der Waals surface area contributed by atoms with Crippen LogP contribution in [0.15, 0.2) is 18.2 Å². The predicted octanol–water partition coefficient (Wildman–Crippen LogP) is 1.56. The number of nitrogens with one attached hydrogen (secondary N) is 1. The van der Waals surface area contributed by atoms with Crippen LogP contribution in [-0.2, 0) is 14.3 Å². The van der Waals surface area contributed by atoms with Gasteiger partial charge in [-0.15, -0.1) is 0 Å². The van der Waals surface area contributed by atoms with E-state index in [0.717, 1.165) is 0 Å². The van der Waals surface area contributed by atoms with Crippen LogP contribution in [0.5, 0.6) is 11.5 Å². The molecule has 2 aliphatic rings. The summed E-state index contributed by atoms with van der Waals surface area (Å²) in [5.74, 6) is 0.777. The van der Waals surface area contributed by atoms with Gasteiger partial charge >= 0.3 is 0 Å². The average molecular weight is 404 g/mol. The summed E-state index contributed by atoms with van der Waals surface area (Å²) in [7, 11) is 3.12. The number of carbonyl (C=O) groups excluding carboxylic acids is 3. The molecule has 1 N–H and O–H groups in total. The molecular formula is C21H28N2O6. The largest absolute Gasteiger partial charge is 0.497 e. The van der Waals surface area contributed by atoms with Crippen LogP contribution in [0, 0.1) is 0 Å². The minimum absolute atomic E-state index is 0.000147. The minimum atomic E-state index is -0.743. The van der Waals surface area contributed by atoms with Crippen molar-refractivity contribution in [2.24, 2.45) is 0 Å². The Morgan fingerprint density at radius 2 is 2.10 bits per heavy atom. The quantitative estimate of drug-likeness (QED) is 0.724. The van der Waals surface area contributed by atoms with Crippen molar-refractivity contribution in [3.8, 4) is 11.5 Å². The summed E-state index contributed by atoms with van der Waals surface area (Å²) in [4.78, 5) is 39.4. The highest BCUT2D eigenvalue weighted by molar-refractivity contribution is 6.00. The average Bonchev–Trinajstić information content (AvgIpc) is 2.86. The van der Waals surface area contributed by atoms with E-state index in [1.165, 1.54) is 0 Å². The van der Waals surface area contributed by atoms with Crippen LogP contribution in [0.4, 0.5) is 0 Å². The zero-order chi connectivity index (χ0) is 21.0. The first-order valence-electron chi connectivity index (χ1n) is 9.85. The van der Waals surface area contributed by atoms with Gasteiger partial charge in [0.2, 0.25) is 11.8 Å². The van der Waals surface area contributed by atoms with Crippen molar-refractivity contribution in [3.05, 3.63) is 23.8 Å². The van der Waals surface area contributed by atoms with Gasteiger partial charge in [0.05, 0.1) is 25.7 Å². The molecule has 2 amide bonds. The van der Waals surface area contributed by atoms with Gasteiger partial charge in [0, 0.05) is 39.1 Å². The van der Waals surface area contributed by atoms with Gasteiger partial charge in [0.1, 0.15) is 23.1 Å². The maximum absolute atomic E-state index is 12.7. The second-order valence-corrected chi connectivity index (χ2v) is 7.54. The summed E-state index contributed by atoms with van der Waals surface area (Å²) in [6.07, 6.45) is 1.36. The van der Waals surface area contributed by atoms with Crippen LogP contribution < -0.4 is 14.8 Å². The number of hydrogen-bond donors (Lipinski definition) is 1. The standard InChI is InChI=1S/C21H28N2O6/c1-14(20(26)22-9-11-27-2)23-10-8-21(7-6-19(23)25)13-17(24)16-5-4-15(28-3)12-18(16)29-21/h4-5,12,14H,6-11,13H2,1-3H3,(H,22,26)/t14-,21-/m1/s1. The predicted molar refractivity (Wildman–Crippen MR) is 105 cm³/mol. The molecule has 2 atom stereocenters. The second kappa shape index (κ2) is 8.82. The molecule has 2 aliphatic heterocycles. The molecule has 2 heterocycles. The Balaban J connectivity index is 1.73. The molecule has 29 heavy (non-hydrogen) atoms. The number of likely N-dealkylation sites (tertiary alicyclic amines) is 1. The van der Waals surface area contributed by atoms with E-state index in [0.29, 0.717) is 49.6 Å². The lowest BCUT2D eigenvalue weighted by molar-refractivity contribution is -0.139. The summed E-state index contributed by atoms with van der Waals surface area (Å²) in [6.45, 7) is 2.87. The van der Waals surface area contributed by atoms with Crippen LogP contribution in [0.25, 0.3) is 0 Å². The number of hydrogen-bond acceptors (Lipinski definition) is 6. The first-order valence-corrected chi connectivity index (χ1v) is 9.85. The summed E-state index contributed by atoms with van der Waals surface area (Å²) in [5.41, 5.74) is -0.206. The van der Waals surface area contributed by atoms with E-state index in [9.17, 15) is 14.4 Å². The van der Waals surface area contributed by atoms with Crippen LogP contribution in [-0.4, -0.2) is 68.1 Å². The highest BCUT2D eigenvalue weighted by atomic mass is 16.5. The molecule has 0 saturated carbocycles. The molecule has 1 saturated heterocycles. The van der Waals surface area contributed by atoms with Crippen molar-refractivity contribution >= 4 is 17.6 Å². The Hall–Kier alpha value is -2.61. The molecule has 0 radical (unpaired) electrons. The minimum Gasteiger partial charge on any atom is -0.497 e. The van der Waals surface area contributed by atoms with Gasteiger partial charge in [-0.1, -0.05) is 0 Å². The van der Waals surface area contributed by atoms with Crippen LogP contribution in [0.1, 0.15) is 43.0 Å². The number of ketones is 1. The number of amides is 2. The molecule has 1 fully saturated rings. The number of nitrogens with zero attached hydrogens (tertiary/aromatic N) is 1. The molecular weight excluding hydrogens is 376 g/mol. The molecule has 158 valence electrons. The number of methoxy groups -OCH3 is 2. The molecule has 0 aromatic heterocycles. The SMILES string of the molecule is COCCNC(=O)[C@@H](C)N1CC[C@]2(CCC1=O)CC(=O)c1ccc(OC)cc1O2. The fourth-order valence-corrected chi connectivity index (χ4v) is 3.91. The van der Waals surface area contributed by atoms with Crippen molar-refractivity contribution in [1.82, 2.24) is 10.2 Å². The smallest absolute Gasteiger partial charge is 0.242 e. The highest BCUT2D eigenvalue weighted by Gasteiger charge is 2.44. The Labute approximate surface area is 170 Å². The van der Waals surface area contributed by atoms with Crippen LogP contribution in [0.2, 0.25) is 0 Å². The Morgan fingerprint density at radius 3 is 2.83 bits per heavy atom. The van der Waals surface area contributed by atoms with Gasteiger partial charge in [0.15, 0.2) is 5.78 Å². The summed E-state index contributed by atoms with van der Waals surface area (Å²) < 4.78 is 16.5. The molecule has 0 unspecified atom stereocenters. The normalized spacial score (nSPS) is 22.5. The van der Waals surface area contributed by atoms with Gasteiger partial charge in [-0.3, -0.25) is 14.4 Å². The maximum atomic E-state index is 12.7. The first kappa shape index (κ1) is 21.1. The summed E-state index contributed by atoms with van der Waals surface area (Å²) in [6, 6.07) is 4.57. The third kappa shape index (κ3) is 4.53. The maximum Gasteiger partial charge on any atom is 0.242 e. The van der Waals surface area contributed by atoms with Crippen LogP contribution >= 0.6 is 0 Å². The number of ether oxygens (including phenoxy) is 3. The fourth-order valence-electron chi connectivity index (χ4n) is 3.91. The number of benzene rings is 1. The summed E-state index contributed by atoms with van der Waals surface area (Å²) >= 11 is 0. The molecule has 1 aromatic carbocycles. The second-order valence-electron chi connectivity index (χ2n) is 7.54. The number of rotatable bonds is 6. The Morgan fingerprint density at radius 1 is 1.31 bits per heavy atom. The van der Waals surface area contributed by atoms with E-state index < -0.39 is 11.6 Å². The lowest BCUT2D eigenvalue weighted by Crippen LogP contribution is -2.49. The van der Waals surface area contributed by atoms with Crippen LogP contribution in [0.3, 0.4) is 0 Å². The van der Waals surface area contributed by atoms with Crippen molar-refractivity contribution in [3.63, 3.8) is 0 Å². The van der Waals surface area contributed by atoms with Gasteiger partial charge in [-0.25, -0.2) is 0 Å². The summed E-state index contributed by atoms with van der Waals surface area (Å²) in [5, 5.41) is 2.77. The molecule has 0 bridgehead atoms. The van der Waals surface area contributed by atoms with Crippen molar-refractivity contribution in [2.75, 3.05) is 33.9 Å². The zero-order valence-corrected chi connectivity index (χ0v) is 17.2. The Bertz CT molecular complexity index is 795. The van der Waals surface area contributed by atoms with E-state index in [-0.39, 0.29) is 30.4 Å². The fraction of sp³-hybridized carbons (Fsp3) is 0.571. The van der Waals surface area contributed by atoms with E-state index in [1.807, 2.05) is 0 Å². The van der Waals surface area contributed by atoms with Crippen molar-refractivity contribution < 1.29 is 28.6 Å². The molecule has 1 aromatic rings. The van der Waals surface area contributed by atoms with Gasteiger partial charge in [0.25, 0.3) is 0 Å². The third-order valence-electron chi connectivity index (χ3n) is 5.67. The number of carbonyl (C=O) groups is 3. The monoisotopic (exact) mass is 404 g/mol. The Kier molecular flexibility index (Phi) is 6.42. The van der Waals surface area contributed by atoms with E-state index >= 15 is 0 Å². The number of fused-ring (bicyclic) bond motifs is 1. The third-order valence-corrected chi connectivity index (χ3v) is 5.67. The molecule has 8 heteroatoms. The van der Waals surface area contributed by atoms with Gasteiger partial charge in [-0.05, 0) is 25.5 Å². The number of Topliss-reactive ketones (excluding diaryl/α,β-unsaturated/α-hetero) is 1. The van der Waals surface area contributed by atoms with Gasteiger partial charge in [-0.2, -0.15) is 0 Å². The zero-order valence-electron chi connectivity index (χ0n) is 17.2. The topological polar surface area (TPSA) is 94.2 Å². The van der Waals surface area contributed by atoms with Crippen molar-refractivity contribution in [2.45, 2.75) is 44.2 Å². The highest BCUT2D eigenvalue weighted by Crippen LogP contribution is 2.41. The van der Waals surface area contributed by atoms with E-state index in [2.05, 4.69) is 5.32 Å². The van der Waals surface area contributed by atoms with E-state index in [4.69, 9.17) is 14.2 Å². The van der Waals surface area contributed by atoms with Crippen molar-refractivity contribution in [1.29, 1.82) is 0 Å². The molecule has 1 spiro atoms. The lowest BCUT2D eigenvalue weighted by atomic mass is 9.84. The lowest BCUT2D eigenvalue weighted by Gasteiger charge is -2.37.